The van der Waals surface area contributed by atoms with E-state index in [0.29, 0.717) is 12.6 Å². The van der Waals surface area contributed by atoms with Crippen molar-refractivity contribution in [3.05, 3.63) is 35.9 Å². The first-order valence-electron chi connectivity index (χ1n) is 6.07. The number of hydrogen-bond acceptors (Lipinski definition) is 2. The third-order valence-corrected chi connectivity index (χ3v) is 2.94. The molecular weight excluding hydrogens is 216 g/mol. The quantitative estimate of drug-likeness (QED) is 0.786. The Kier molecular flexibility index (Phi) is 4.38. The fourth-order valence-corrected chi connectivity index (χ4v) is 2.04. The van der Waals surface area contributed by atoms with Gasteiger partial charge in [-0.05, 0) is 18.4 Å². The highest BCUT2D eigenvalue weighted by Crippen LogP contribution is 2.17. The van der Waals surface area contributed by atoms with Crippen molar-refractivity contribution >= 4 is 6.03 Å². The van der Waals surface area contributed by atoms with Gasteiger partial charge in [0, 0.05) is 6.04 Å². The van der Waals surface area contributed by atoms with E-state index in [4.69, 9.17) is 4.84 Å². The summed E-state index contributed by atoms with van der Waals surface area (Å²) in [6, 6.07) is 9.81. The number of hydroxylamine groups is 1. The Morgan fingerprint density at radius 1 is 1.24 bits per heavy atom. The molecule has 4 nitrogen and oxygen atoms in total. The topological polar surface area (TPSA) is 50.4 Å². The molecule has 1 fully saturated rings. The van der Waals surface area contributed by atoms with Crippen molar-refractivity contribution in [2.24, 2.45) is 0 Å². The van der Waals surface area contributed by atoms with Crippen LogP contribution < -0.4 is 10.8 Å². The summed E-state index contributed by atoms with van der Waals surface area (Å²) < 4.78 is 0. The van der Waals surface area contributed by atoms with Gasteiger partial charge in [-0.15, -0.1) is 0 Å². The van der Waals surface area contributed by atoms with Crippen molar-refractivity contribution in [3.63, 3.8) is 0 Å². The predicted octanol–water partition coefficient (Wildman–Crippen LogP) is 2.36. The molecule has 0 aromatic heterocycles. The fourth-order valence-electron chi connectivity index (χ4n) is 2.04. The number of nitrogens with one attached hydrogen (secondary N) is 2. The molecule has 0 aliphatic heterocycles. The van der Waals surface area contributed by atoms with E-state index in [1.807, 2.05) is 30.3 Å². The highest BCUT2D eigenvalue weighted by molar-refractivity contribution is 5.73. The number of rotatable bonds is 4. The second-order valence-corrected chi connectivity index (χ2v) is 4.33. The van der Waals surface area contributed by atoms with E-state index in [0.717, 1.165) is 18.4 Å². The molecule has 1 aliphatic carbocycles. The zero-order valence-electron chi connectivity index (χ0n) is 9.82. The van der Waals surface area contributed by atoms with Crippen molar-refractivity contribution in [1.29, 1.82) is 0 Å². The van der Waals surface area contributed by atoms with Crippen LogP contribution in [0.25, 0.3) is 0 Å². The molecule has 1 saturated carbocycles. The first-order valence-corrected chi connectivity index (χ1v) is 6.07. The van der Waals surface area contributed by atoms with Gasteiger partial charge in [-0.2, -0.15) is 0 Å². The van der Waals surface area contributed by atoms with E-state index in [1.54, 1.807) is 0 Å². The van der Waals surface area contributed by atoms with Crippen LogP contribution in [0.15, 0.2) is 30.3 Å². The largest absolute Gasteiger partial charge is 0.338 e. The molecule has 0 spiro atoms. The summed E-state index contributed by atoms with van der Waals surface area (Å²) in [6.45, 7) is 0.388. The van der Waals surface area contributed by atoms with Gasteiger partial charge in [0.15, 0.2) is 0 Å². The molecule has 0 heterocycles. The molecule has 1 aromatic carbocycles. The van der Waals surface area contributed by atoms with Crippen LogP contribution in [0, 0.1) is 0 Å². The van der Waals surface area contributed by atoms with Crippen LogP contribution in [0.1, 0.15) is 31.2 Å². The molecule has 0 radical (unpaired) electrons. The van der Waals surface area contributed by atoms with Crippen LogP contribution >= 0.6 is 0 Å². The minimum atomic E-state index is -0.243. The molecule has 2 N–H and O–H groups in total. The van der Waals surface area contributed by atoms with Gasteiger partial charge in [0.2, 0.25) is 0 Å². The van der Waals surface area contributed by atoms with Gasteiger partial charge in [0.05, 0.1) is 6.61 Å². The predicted molar refractivity (Wildman–Crippen MR) is 65.2 cm³/mol. The van der Waals surface area contributed by atoms with Gasteiger partial charge in [0.1, 0.15) is 0 Å². The van der Waals surface area contributed by atoms with Crippen molar-refractivity contribution in [2.75, 3.05) is 0 Å². The van der Waals surface area contributed by atoms with Crippen LogP contribution in [0.3, 0.4) is 0 Å². The number of benzene rings is 1. The second-order valence-electron chi connectivity index (χ2n) is 4.33. The Bertz CT molecular complexity index is 348. The highest BCUT2D eigenvalue weighted by atomic mass is 16.7. The SMILES string of the molecule is O=C(NOCc1ccccc1)NC1CCCC1. The number of urea groups is 1. The number of carbonyl (C=O) groups excluding carboxylic acids is 1. The van der Waals surface area contributed by atoms with Crippen LogP contribution in [-0.2, 0) is 11.4 Å². The molecule has 2 rings (SSSR count). The molecule has 4 heteroatoms. The molecular formula is C13H18N2O2. The van der Waals surface area contributed by atoms with Gasteiger partial charge in [-0.3, -0.25) is 4.84 Å². The first kappa shape index (κ1) is 11.9. The van der Waals surface area contributed by atoms with E-state index >= 15 is 0 Å². The summed E-state index contributed by atoms with van der Waals surface area (Å²) in [7, 11) is 0. The zero-order valence-corrected chi connectivity index (χ0v) is 9.82. The summed E-state index contributed by atoms with van der Waals surface area (Å²) in [5, 5.41) is 2.89. The maximum atomic E-state index is 11.4. The van der Waals surface area contributed by atoms with Crippen LogP contribution in [0.2, 0.25) is 0 Å². The van der Waals surface area contributed by atoms with E-state index in [9.17, 15) is 4.79 Å². The lowest BCUT2D eigenvalue weighted by Crippen LogP contribution is -2.40. The van der Waals surface area contributed by atoms with Crippen LogP contribution in [0.4, 0.5) is 4.79 Å². The fraction of sp³-hybridized carbons (Fsp3) is 0.462. The maximum absolute atomic E-state index is 11.4. The Morgan fingerprint density at radius 3 is 2.65 bits per heavy atom. The lowest BCUT2D eigenvalue weighted by atomic mass is 10.2. The molecule has 1 aromatic rings. The van der Waals surface area contributed by atoms with Crippen molar-refractivity contribution in [3.8, 4) is 0 Å². The van der Waals surface area contributed by atoms with Crippen LogP contribution in [0.5, 0.6) is 0 Å². The molecule has 0 unspecified atom stereocenters. The lowest BCUT2D eigenvalue weighted by molar-refractivity contribution is 0.0482. The molecule has 0 atom stereocenters. The van der Waals surface area contributed by atoms with Gasteiger partial charge in [-0.25, -0.2) is 10.3 Å². The summed E-state index contributed by atoms with van der Waals surface area (Å²) in [5.74, 6) is 0. The zero-order chi connectivity index (χ0) is 11.9. The van der Waals surface area contributed by atoms with Crippen molar-refractivity contribution < 1.29 is 9.63 Å². The standard InChI is InChI=1S/C13H18N2O2/c16-13(14-12-8-4-5-9-12)15-17-10-11-6-2-1-3-7-11/h1-3,6-7,12H,4-5,8-10H2,(H2,14,15,16). The minimum absolute atomic E-state index is 0.243. The monoisotopic (exact) mass is 234 g/mol. The summed E-state index contributed by atoms with van der Waals surface area (Å²) in [5.41, 5.74) is 3.44. The smallest absolute Gasteiger partial charge is 0.334 e. The molecule has 1 aliphatic rings. The molecule has 2 amide bonds. The van der Waals surface area contributed by atoms with Gasteiger partial charge >= 0.3 is 6.03 Å². The maximum Gasteiger partial charge on any atom is 0.338 e. The van der Waals surface area contributed by atoms with Gasteiger partial charge < -0.3 is 5.32 Å². The van der Waals surface area contributed by atoms with Gasteiger partial charge in [0.25, 0.3) is 0 Å². The van der Waals surface area contributed by atoms with Crippen molar-refractivity contribution in [2.45, 2.75) is 38.3 Å². The Labute approximate surface area is 101 Å². The lowest BCUT2D eigenvalue weighted by Gasteiger charge is -2.12. The van der Waals surface area contributed by atoms with Gasteiger partial charge in [-0.1, -0.05) is 43.2 Å². The number of hydrogen-bond donors (Lipinski definition) is 2. The Balaban J connectivity index is 1.63. The van der Waals surface area contributed by atoms with E-state index in [2.05, 4.69) is 10.8 Å². The first-order chi connectivity index (χ1) is 8.34. The number of amides is 2. The average molecular weight is 234 g/mol. The Morgan fingerprint density at radius 2 is 1.94 bits per heavy atom. The molecule has 92 valence electrons. The summed E-state index contributed by atoms with van der Waals surface area (Å²) in [4.78, 5) is 16.6. The van der Waals surface area contributed by atoms with Crippen molar-refractivity contribution in [1.82, 2.24) is 10.8 Å². The van der Waals surface area contributed by atoms with E-state index in [1.165, 1.54) is 12.8 Å². The molecule has 0 bridgehead atoms. The van der Waals surface area contributed by atoms with Crippen LogP contribution in [-0.4, -0.2) is 12.1 Å². The number of carbonyl (C=O) groups is 1. The third-order valence-electron chi connectivity index (χ3n) is 2.94. The normalized spacial score (nSPS) is 15.8. The second kappa shape index (κ2) is 6.25. The molecule has 17 heavy (non-hydrogen) atoms. The summed E-state index contributed by atoms with van der Waals surface area (Å²) in [6.07, 6.45) is 4.56. The van der Waals surface area contributed by atoms with E-state index in [-0.39, 0.29) is 6.03 Å². The highest BCUT2D eigenvalue weighted by Gasteiger charge is 2.16. The minimum Gasteiger partial charge on any atom is -0.334 e. The average Bonchev–Trinajstić information content (AvgIpc) is 2.83. The third kappa shape index (κ3) is 4.07. The van der Waals surface area contributed by atoms with E-state index < -0.39 is 0 Å². The Hall–Kier alpha value is -1.55. The summed E-state index contributed by atoms with van der Waals surface area (Å²) >= 11 is 0. The molecule has 0 saturated heterocycles.